The summed E-state index contributed by atoms with van der Waals surface area (Å²) in [5, 5.41) is 0.623. The van der Waals surface area contributed by atoms with E-state index in [2.05, 4.69) is 4.98 Å². The number of anilines is 2. The van der Waals surface area contributed by atoms with Crippen LogP contribution in [0.25, 0.3) is 11.2 Å². The molecular weight excluding hydrogens is 386 g/mol. The van der Waals surface area contributed by atoms with Crippen molar-refractivity contribution >= 4 is 40.3 Å². The van der Waals surface area contributed by atoms with Gasteiger partial charge in [0.15, 0.2) is 11.2 Å². The van der Waals surface area contributed by atoms with Gasteiger partial charge in [0.1, 0.15) is 6.54 Å². The van der Waals surface area contributed by atoms with Crippen molar-refractivity contribution in [1.82, 2.24) is 24.1 Å². The summed E-state index contributed by atoms with van der Waals surface area (Å²) < 4.78 is 3.92. The first kappa shape index (κ1) is 18.3. The Hall–Kier alpha value is -3.11. The lowest BCUT2D eigenvalue weighted by atomic mass is 10.2. The lowest BCUT2D eigenvalue weighted by molar-refractivity contribution is -0.121. The number of nitrogens with one attached hydrogen (secondary N) is 1. The standard InChI is InChI=1S/C17H18ClN7O3/c1-22-14-13(15(27)25(17(22)28)9-12(26)21-19)24-8-2-7-23(16(24)20-14)11-5-3-10(18)4-6-11/h3-6H,2,7-9,19H2,1H3,(H,21,26). The van der Waals surface area contributed by atoms with Gasteiger partial charge in [0.2, 0.25) is 5.95 Å². The summed E-state index contributed by atoms with van der Waals surface area (Å²) in [6, 6.07) is 7.32. The fourth-order valence-electron chi connectivity index (χ4n) is 3.46. The van der Waals surface area contributed by atoms with Gasteiger partial charge in [0, 0.05) is 30.8 Å². The number of hydrogen-bond donors (Lipinski definition) is 2. The third-order valence-electron chi connectivity index (χ3n) is 4.82. The number of carbonyl (C=O) groups excluding carboxylic acids is 1. The number of hydrazine groups is 1. The van der Waals surface area contributed by atoms with E-state index in [0.717, 1.165) is 16.7 Å². The molecule has 0 spiro atoms. The zero-order valence-electron chi connectivity index (χ0n) is 15.1. The first-order valence-corrected chi connectivity index (χ1v) is 9.02. The highest BCUT2D eigenvalue weighted by atomic mass is 35.5. The normalized spacial score (nSPS) is 13.6. The predicted molar refractivity (Wildman–Crippen MR) is 105 cm³/mol. The lowest BCUT2D eigenvalue weighted by Gasteiger charge is -2.29. The number of aryl methyl sites for hydroxylation is 2. The van der Waals surface area contributed by atoms with Gasteiger partial charge in [-0.2, -0.15) is 4.98 Å². The molecule has 3 heterocycles. The largest absolute Gasteiger partial charge is 0.332 e. The molecule has 1 amide bonds. The van der Waals surface area contributed by atoms with E-state index < -0.39 is 23.7 Å². The number of hydrogen-bond acceptors (Lipinski definition) is 6. The highest BCUT2D eigenvalue weighted by Crippen LogP contribution is 2.31. The summed E-state index contributed by atoms with van der Waals surface area (Å²) in [6.45, 7) is 0.828. The van der Waals surface area contributed by atoms with Gasteiger partial charge < -0.3 is 9.47 Å². The van der Waals surface area contributed by atoms with Crippen LogP contribution in [-0.2, 0) is 24.9 Å². The molecule has 0 saturated carbocycles. The molecule has 4 rings (SSSR count). The maximum absolute atomic E-state index is 13.0. The Morgan fingerprint density at radius 1 is 1.25 bits per heavy atom. The van der Waals surface area contributed by atoms with Crippen LogP contribution < -0.4 is 27.4 Å². The van der Waals surface area contributed by atoms with Gasteiger partial charge in [0.05, 0.1) is 0 Å². The molecule has 0 saturated heterocycles. The number of nitrogens with two attached hydrogens (primary N) is 1. The fourth-order valence-corrected chi connectivity index (χ4v) is 3.59. The number of imidazole rings is 1. The maximum Gasteiger partial charge on any atom is 0.332 e. The van der Waals surface area contributed by atoms with Gasteiger partial charge >= 0.3 is 5.69 Å². The van der Waals surface area contributed by atoms with E-state index in [1.54, 1.807) is 16.7 Å². The minimum absolute atomic E-state index is 0.273. The Labute approximate surface area is 163 Å². The molecule has 0 unspecified atom stereocenters. The molecule has 0 bridgehead atoms. The van der Waals surface area contributed by atoms with Crippen molar-refractivity contribution in [3.8, 4) is 0 Å². The van der Waals surface area contributed by atoms with Crippen molar-refractivity contribution in [2.45, 2.75) is 19.5 Å². The molecular formula is C17H18ClN7O3. The molecule has 28 heavy (non-hydrogen) atoms. The average Bonchev–Trinajstić information content (AvgIpc) is 3.10. The molecule has 10 nitrogen and oxygen atoms in total. The molecule has 0 radical (unpaired) electrons. The first-order valence-electron chi connectivity index (χ1n) is 8.65. The van der Waals surface area contributed by atoms with E-state index in [0.29, 0.717) is 24.1 Å². The van der Waals surface area contributed by atoms with Crippen molar-refractivity contribution in [3.05, 3.63) is 50.1 Å². The zero-order chi connectivity index (χ0) is 20.0. The number of aromatic nitrogens is 4. The van der Waals surface area contributed by atoms with Gasteiger partial charge in [-0.05, 0) is 30.7 Å². The highest BCUT2D eigenvalue weighted by molar-refractivity contribution is 6.30. The SMILES string of the molecule is Cn1c(=O)n(CC(=O)NN)c(=O)c2c1nc1n2CCCN1c1ccc(Cl)cc1. The third-order valence-corrected chi connectivity index (χ3v) is 5.07. The van der Waals surface area contributed by atoms with Crippen LogP contribution in [0.4, 0.5) is 11.6 Å². The minimum atomic E-state index is -0.639. The van der Waals surface area contributed by atoms with E-state index in [1.807, 2.05) is 22.5 Å². The Bertz CT molecular complexity index is 1190. The summed E-state index contributed by atoms with van der Waals surface area (Å²) in [5.74, 6) is 5.02. The fraction of sp³-hybridized carbons (Fsp3) is 0.294. The average molecular weight is 404 g/mol. The second-order valence-corrected chi connectivity index (χ2v) is 6.95. The number of rotatable bonds is 3. The van der Waals surface area contributed by atoms with Gasteiger partial charge in [-0.1, -0.05) is 11.6 Å². The van der Waals surface area contributed by atoms with Crippen LogP contribution in [0.5, 0.6) is 0 Å². The summed E-state index contributed by atoms with van der Waals surface area (Å²) in [7, 11) is 1.52. The summed E-state index contributed by atoms with van der Waals surface area (Å²) in [5.41, 5.74) is 2.17. The van der Waals surface area contributed by atoms with Crippen LogP contribution in [0.15, 0.2) is 33.9 Å². The smallest absolute Gasteiger partial charge is 0.312 e. The Balaban J connectivity index is 1.95. The van der Waals surface area contributed by atoms with Crippen molar-refractivity contribution in [1.29, 1.82) is 0 Å². The molecule has 1 aliphatic heterocycles. The van der Waals surface area contributed by atoms with Gasteiger partial charge in [-0.15, -0.1) is 0 Å². The van der Waals surface area contributed by atoms with E-state index in [-0.39, 0.29) is 11.2 Å². The van der Waals surface area contributed by atoms with Crippen molar-refractivity contribution < 1.29 is 4.79 Å². The maximum atomic E-state index is 13.0. The summed E-state index contributed by atoms with van der Waals surface area (Å²) in [4.78, 5) is 43.8. The Kier molecular flexibility index (Phi) is 4.44. The summed E-state index contributed by atoms with van der Waals surface area (Å²) in [6.07, 6.45) is 0.784. The number of benzene rings is 1. The van der Waals surface area contributed by atoms with Crippen LogP contribution in [-0.4, -0.2) is 31.1 Å². The number of halogens is 1. The van der Waals surface area contributed by atoms with Crippen LogP contribution >= 0.6 is 11.6 Å². The number of amides is 1. The molecule has 2 aromatic heterocycles. The molecule has 0 aliphatic carbocycles. The molecule has 0 fully saturated rings. The van der Waals surface area contributed by atoms with Crippen LogP contribution in [0.2, 0.25) is 5.02 Å². The summed E-state index contributed by atoms with van der Waals surface area (Å²) >= 11 is 5.98. The van der Waals surface area contributed by atoms with Gasteiger partial charge in [-0.3, -0.25) is 19.6 Å². The van der Waals surface area contributed by atoms with Crippen LogP contribution in [0.3, 0.4) is 0 Å². The first-order chi connectivity index (χ1) is 13.4. The molecule has 1 aromatic carbocycles. The number of carbonyl (C=O) groups is 1. The third kappa shape index (κ3) is 2.77. The highest BCUT2D eigenvalue weighted by Gasteiger charge is 2.27. The second-order valence-electron chi connectivity index (χ2n) is 6.52. The van der Waals surface area contributed by atoms with E-state index in [1.165, 1.54) is 11.6 Å². The van der Waals surface area contributed by atoms with Gasteiger partial charge in [-0.25, -0.2) is 15.2 Å². The number of fused-ring (bicyclic) bond motifs is 3. The van der Waals surface area contributed by atoms with E-state index >= 15 is 0 Å². The zero-order valence-corrected chi connectivity index (χ0v) is 15.8. The quantitative estimate of drug-likeness (QED) is 0.363. The molecule has 3 N–H and O–H groups in total. The van der Waals surface area contributed by atoms with Gasteiger partial charge in [0.25, 0.3) is 11.5 Å². The lowest BCUT2D eigenvalue weighted by Crippen LogP contribution is -2.45. The Morgan fingerprint density at radius 2 is 1.96 bits per heavy atom. The number of nitrogens with zero attached hydrogens (tertiary/aromatic N) is 5. The molecule has 0 atom stereocenters. The molecule has 11 heteroatoms. The topological polar surface area (TPSA) is 120 Å². The molecule has 3 aromatic rings. The monoisotopic (exact) mass is 403 g/mol. The van der Waals surface area contributed by atoms with Crippen LogP contribution in [0, 0.1) is 0 Å². The molecule has 1 aliphatic rings. The van der Waals surface area contributed by atoms with Crippen molar-refractivity contribution in [3.63, 3.8) is 0 Å². The second kappa shape index (κ2) is 6.80. The van der Waals surface area contributed by atoms with E-state index in [4.69, 9.17) is 17.4 Å². The van der Waals surface area contributed by atoms with E-state index in [9.17, 15) is 14.4 Å². The predicted octanol–water partition coefficient (Wildman–Crippen LogP) is 0.0818. The Morgan fingerprint density at radius 3 is 2.64 bits per heavy atom. The van der Waals surface area contributed by atoms with Crippen LogP contribution in [0.1, 0.15) is 6.42 Å². The van der Waals surface area contributed by atoms with Crippen molar-refractivity contribution in [2.75, 3.05) is 11.4 Å². The van der Waals surface area contributed by atoms with Crippen molar-refractivity contribution in [2.24, 2.45) is 12.9 Å². The minimum Gasteiger partial charge on any atom is -0.312 e. The molecule has 146 valence electrons.